The molecule has 0 saturated carbocycles. The number of hydrogen-bond acceptors (Lipinski definition) is 4. The van der Waals surface area contributed by atoms with E-state index in [4.69, 9.17) is 23.2 Å². The number of carbonyl (C=O) groups excluding carboxylic acids is 1. The Hall–Kier alpha value is -1.95. The monoisotopic (exact) mass is 377 g/mol. The average molecular weight is 378 g/mol. The average Bonchev–Trinajstić information content (AvgIpc) is 3.08. The van der Waals surface area contributed by atoms with E-state index in [0.29, 0.717) is 27.9 Å². The molecule has 1 aromatic carbocycles. The van der Waals surface area contributed by atoms with Gasteiger partial charge in [0.1, 0.15) is 6.33 Å². The van der Waals surface area contributed by atoms with Gasteiger partial charge in [-0.15, -0.1) is 11.3 Å². The molecule has 7 heteroatoms. The number of nitrogens with one attached hydrogen (secondary N) is 1. The first kappa shape index (κ1) is 16.9. The summed E-state index contributed by atoms with van der Waals surface area (Å²) in [6, 6.07) is 10.9. The summed E-state index contributed by atoms with van der Waals surface area (Å²) in [5.74, 6) is -0.106. The number of halogens is 2. The molecule has 122 valence electrons. The summed E-state index contributed by atoms with van der Waals surface area (Å²) in [5, 5.41) is 4.11. The largest absolute Gasteiger partial charge is 0.351 e. The van der Waals surface area contributed by atoms with E-state index in [2.05, 4.69) is 15.3 Å². The van der Waals surface area contributed by atoms with E-state index in [0.717, 1.165) is 16.1 Å². The summed E-state index contributed by atoms with van der Waals surface area (Å²) in [6.45, 7) is 0.501. The number of nitrogens with zero attached hydrogens (tertiary/aromatic N) is 2. The van der Waals surface area contributed by atoms with Crippen molar-refractivity contribution in [2.24, 2.45) is 0 Å². The third-order valence-corrected chi connectivity index (χ3v) is 5.05. The molecule has 0 radical (unpaired) electrons. The molecule has 0 fully saturated rings. The van der Waals surface area contributed by atoms with E-state index in [-0.39, 0.29) is 5.91 Å². The molecule has 1 N–H and O–H groups in total. The Morgan fingerprint density at radius 3 is 2.79 bits per heavy atom. The smallest absolute Gasteiger partial charge is 0.261 e. The molecule has 24 heavy (non-hydrogen) atoms. The highest BCUT2D eigenvalue weighted by atomic mass is 35.5. The Morgan fingerprint density at radius 2 is 2.04 bits per heavy atom. The molecular formula is C17H13Cl2N3OS. The molecule has 4 nitrogen and oxygen atoms in total. The minimum Gasteiger partial charge on any atom is -0.351 e. The van der Waals surface area contributed by atoms with Crippen molar-refractivity contribution in [1.82, 2.24) is 15.3 Å². The van der Waals surface area contributed by atoms with Gasteiger partial charge in [0.15, 0.2) is 0 Å². The van der Waals surface area contributed by atoms with Gasteiger partial charge in [0.2, 0.25) is 0 Å². The molecule has 0 aliphatic heterocycles. The first-order valence-electron chi connectivity index (χ1n) is 7.22. The van der Waals surface area contributed by atoms with Crippen LogP contribution in [0.3, 0.4) is 0 Å². The summed E-state index contributed by atoms with van der Waals surface area (Å²) < 4.78 is 0. The normalized spacial score (nSPS) is 10.6. The zero-order chi connectivity index (χ0) is 16.9. The molecule has 1 amide bonds. The maximum absolute atomic E-state index is 12.2. The molecule has 3 aromatic rings. The molecule has 3 rings (SSSR count). The van der Waals surface area contributed by atoms with Crippen LogP contribution in [0.1, 0.15) is 15.2 Å². The number of aromatic nitrogens is 2. The zero-order valence-electron chi connectivity index (χ0n) is 12.5. The van der Waals surface area contributed by atoms with Crippen LogP contribution in [0.15, 0.2) is 48.9 Å². The lowest BCUT2D eigenvalue weighted by Crippen LogP contribution is -2.24. The maximum atomic E-state index is 12.2. The van der Waals surface area contributed by atoms with Crippen molar-refractivity contribution in [2.45, 2.75) is 6.42 Å². The zero-order valence-corrected chi connectivity index (χ0v) is 14.8. The Kier molecular flexibility index (Phi) is 5.45. The second-order valence-corrected chi connectivity index (χ2v) is 6.93. The third-order valence-electron chi connectivity index (χ3n) is 3.36. The highest BCUT2D eigenvalue weighted by Crippen LogP contribution is 2.26. The van der Waals surface area contributed by atoms with Crippen LogP contribution in [0, 0.1) is 0 Å². The topological polar surface area (TPSA) is 54.9 Å². The first-order chi connectivity index (χ1) is 11.6. The molecule has 0 bridgehead atoms. The number of hydrogen-bond donors (Lipinski definition) is 1. The molecular weight excluding hydrogens is 365 g/mol. The minimum absolute atomic E-state index is 0.106. The van der Waals surface area contributed by atoms with E-state index in [1.807, 2.05) is 18.2 Å². The van der Waals surface area contributed by atoms with Crippen molar-refractivity contribution in [3.8, 4) is 10.6 Å². The lowest BCUT2D eigenvalue weighted by atomic mass is 10.1. The van der Waals surface area contributed by atoms with E-state index < -0.39 is 0 Å². The van der Waals surface area contributed by atoms with Gasteiger partial charge in [0, 0.05) is 22.8 Å². The molecule has 0 saturated heterocycles. The Bertz CT molecular complexity index is 852. The van der Waals surface area contributed by atoms with Crippen LogP contribution in [-0.2, 0) is 6.42 Å². The quantitative estimate of drug-likeness (QED) is 0.712. The number of thiophene rings is 1. The molecule has 0 unspecified atom stereocenters. The highest BCUT2D eigenvalue weighted by molar-refractivity contribution is 7.17. The Balaban J connectivity index is 1.59. The number of amides is 1. The van der Waals surface area contributed by atoms with Crippen LogP contribution < -0.4 is 5.32 Å². The van der Waals surface area contributed by atoms with Gasteiger partial charge in [-0.1, -0.05) is 29.3 Å². The van der Waals surface area contributed by atoms with Gasteiger partial charge >= 0.3 is 0 Å². The predicted molar refractivity (Wildman–Crippen MR) is 97.8 cm³/mol. The van der Waals surface area contributed by atoms with Crippen LogP contribution >= 0.6 is 34.5 Å². The van der Waals surface area contributed by atoms with E-state index in [1.54, 1.807) is 24.4 Å². The fourth-order valence-electron chi connectivity index (χ4n) is 2.16. The second-order valence-electron chi connectivity index (χ2n) is 5.00. The minimum atomic E-state index is -0.106. The lowest BCUT2D eigenvalue weighted by Gasteiger charge is -2.06. The second kappa shape index (κ2) is 7.75. The standard InChI is InChI=1S/C17H13Cl2N3OS/c18-12-2-1-11(13(19)9-12)5-8-21-17(23)16-4-3-15(24-16)14-6-7-20-10-22-14/h1-4,6-7,9-10H,5,8H2,(H,21,23). The van der Waals surface area contributed by atoms with Crippen LogP contribution in [0.4, 0.5) is 0 Å². The Morgan fingerprint density at radius 1 is 1.17 bits per heavy atom. The lowest BCUT2D eigenvalue weighted by molar-refractivity contribution is 0.0958. The van der Waals surface area contributed by atoms with Gasteiger partial charge in [-0.3, -0.25) is 4.79 Å². The molecule has 2 aromatic heterocycles. The SMILES string of the molecule is O=C(NCCc1ccc(Cl)cc1Cl)c1ccc(-c2ccncn2)s1. The van der Waals surface area contributed by atoms with Crippen molar-refractivity contribution in [3.05, 3.63) is 69.4 Å². The maximum Gasteiger partial charge on any atom is 0.261 e. The van der Waals surface area contributed by atoms with Crippen molar-refractivity contribution >= 4 is 40.4 Å². The van der Waals surface area contributed by atoms with E-state index >= 15 is 0 Å². The third kappa shape index (κ3) is 4.12. The van der Waals surface area contributed by atoms with Gasteiger partial charge in [-0.05, 0) is 42.3 Å². The molecule has 0 aliphatic rings. The van der Waals surface area contributed by atoms with Gasteiger partial charge in [-0.2, -0.15) is 0 Å². The summed E-state index contributed by atoms with van der Waals surface area (Å²) in [7, 11) is 0. The van der Waals surface area contributed by atoms with Crippen molar-refractivity contribution < 1.29 is 4.79 Å². The fourth-order valence-corrected chi connectivity index (χ4v) is 3.56. The van der Waals surface area contributed by atoms with Gasteiger partial charge in [0.25, 0.3) is 5.91 Å². The molecule has 0 atom stereocenters. The van der Waals surface area contributed by atoms with Crippen molar-refractivity contribution in [3.63, 3.8) is 0 Å². The molecule has 0 spiro atoms. The summed E-state index contributed by atoms with van der Waals surface area (Å²) in [6.07, 6.45) is 3.81. The number of benzene rings is 1. The van der Waals surface area contributed by atoms with Gasteiger partial charge in [-0.25, -0.2) is 9.97 Å². The van der Waals surface area contributed by atoms with Crippen LogP contribution in [0.2, 0.25) is 10.0 Å². The van der Waals surface area contributed by atoms with Gasteiger partial charge in [0.05, 0.1) is 15.4 Å². The highest BCUT2D eigenvalue weighted by Gasteiger charge is 2.11. The summed E-state index contributed by atoms with van der Waals surface area (Å²) in [4.78, 5) is 21.9. The fraction of sp³-hybridized carbons (Fsp3) is 0.118. The Labute approximate surface area is 153 Å². The first-order valence-corrected chi connectivity index (χ1v) is 8.79. The van der Waals surface area contributed by atoms with Crippen molar-refractivity contribution in [2.75, 3.05) is 6.54 Å². The van der Waals surface area contributed by atoms with Crippen molar-refractivity contribution in [1.29, 1.82) is 0 Å². The van der Waals surface area contributed by atoms with Crippen LogP contribution in [0.5, 0.6) is 0 Å². The van der Waals surface area contributed by atoms with Crippen LogP contribution in [-0.4, -0.2) is 22.4 Å². The van der Waals surface area contributed by atoms with Crippen LogP contribution in [0.25, 0.3) is 10.6 Å². The molecule has 0 aliphatic carbocycles. The van der Waals surface area contributed by atoms with E-state index in [1.165, 1.54) is 17.7 Å². The molecule has 2 heterocycles. The summed E-state index contributed by atoms with van der Waals surface area (Å²) >= 11 is 13.4. The number of rotatable bonds is 5. The van der Waals surface area contributed by atoms with E-state index in [9.17, 15) is 4.79 Å². The predicted octanol–water partition coefficient (Wildman–Crippen LogP) is 4.48. The van der Waals surface area contributed by atoms with Gasteiger partial charge < -0.3 is 5.32 Å². The summed E-state index contributed by atoms with van der Waals surface area (Å²) in [5.41, 5.74) is 1.76. The number of carbonyl (C=O) groups is 1.